The maximum absolute atomic E-state index is 11.6. The third kappa shape index (κ3) is 3.29. The molecule has 0 amide bonds. The lowest BCUT2D eigenvalue weighted by atomic mass is 9.93. The number of unbranched alkanes of at least 4 members (excludes halogenated alkanes) is 1. The van der Waals surface area contributed by atoms with Crippen molar-refractivity contribution in [1.82, 2.24) is 5.32 Å². The summed E-state index contributed by atoms with van der Waals surface area (Å²) in [5.41, 5.74) is 0. The summed E-state index contributed by atoms with van der Waals surface area (Å²) in [6.45, 7) is 5.71. The van der Waals surface area contributed by atoms with Crippen molar-refractivity contribution in [3.63, 3.8) is 0 Å². The van der Waals surface area contributed by atoms with E-state index < -0.39 is 0 Å². The van der Waals surface area contributed by atoms with Crippen LogP contribution in [0.25, 0.3) is 0 Å². The second-order valence-electron chi connectivity index (χ2n) is 4.07. The van der Waals surface area contributed by atoms with E-state index in [0.717, 1.165) is 25.8 Å². The van der Waals surface area contributed by atoms with Crippen LogP contribution in [-0.4, -0.2) is 25.2 Å². The molecule has 1 fully saturated rings. The number of piperidine rings is 1. The zero-order valence-electron chi connectivity index (χ0n) is 9.21. The first-order valence-corrected chi connectivity index (χ1v) is 5.65. The predicted octanol–water partition coefficient (Wildman–Crippen LogP) is 1.72. The molecule has 1 aliphatic heterocycles. The van der Waals surface area contributed by atoms with Crippen LogP contribution in [0.1, 0.15) is 39.5 Å². The fourth-order valence-corrected chi connectivity index (χ4v) is 1.77. The molecule has 82 valence electrons. The predicted molar refractivity (Wildman–Crippen MR) is 56.1 cm³/mol. The number of nitrogens with one attached hydrogen (secondary N) is 1. The SMILES string of the molecule is CCCCOC(=O)C1NCCCC1C. The van der Waals surface area contributed by atoms with Gasteiger partial charge in [-0.3, -0.25) is 4.79 Å². The molecule has 14 heavy (non-hydrogen) atoms. The van der Waals surface area contributed by atoms with Crippen LogP contribution in [-0.2, 0) is 9.53 Å². The van der Waals surface area contributed by atoms with Crippen molar-refractivity contribution in [2.45, 2.75) is 45.6 Å². The zero-order chi connectivity index (χ0) is 10.4. The van der Waals surface area contributed by atoms with Gasteiger partial charge in [0.2, 0.25) is 0 Å². The number of carbonyl (C=O) groups is 1. The Bertz CT molecular complexity index is 182. The molecule has 0 bridgehead atoms. The van der Waals surface area contributed by atoms with Crippen LogP contribution in [0.3, 0.4) is 0 Å². The van der Waals surface area contributed by atoms with Crippen LogP contribution < -0.4 is 5.32 Å². The summed E-state index contributed by atoms with van der Waals surface area (Å²) in [6.07, 6.45) is 4.33. The third-order valence-corrected chi connectivity index (χ3v) is 2.77. The largest absolute Gasteiger partial charge is 0.465 e. The fourth-order valence-electron chi connectivity index (χ4n) is 1.77. The number of hydrogen-bond donors (Lipinski definition) is 1. The first-order chi connectivity index (χ1) is 6.75. The third-order valence-electron chi connectivity index (χ3n) is 2.77. The Labute approximate surface area is 86.2 Å². The van der Waals surface area contributed by atoms with Crippen molar-refractivity contribution in [3.8, 4) is 0 Å². The quantitative estimate of drug-likeness (QED) is 0.553. The summed E-state index contributed by atoms with van der Waals surface area (Å²) in [7, 11) is 0. The maximum atomic E-state index is 11.6. The highest BCUT2D eigenvalue weighted by Gasteiger charge is 2.28. The number of esters is 1. The van der Waals surface area contributed by atoms with Crippen LogP contribution in [0.4, 0.5) is 0 Å². The average molecular weight is 199 g/mol. The summed E-state index contributed by atoms with van der Waals surface area (Å²) in [5, 5.41) is 3.22. The van der Waals surface area contributed by atoms with Crippen molar-refractivity contribution in [2.24, 2.45) is 5.92 Å². The van der Waals surface area contributed by atoms with E-state index in [9.17, 15) is 4.79 Å². The zero-order valence-corrected chi connectivity index (χ0v) is 9.21. The summed E-state index contributed by atoms with van der Waals surface area (Å²) in [5.74, 6) is 0.350. The normalized spacial score (nSPS) is 27.3. The lowest BCUT2D eigenvalue weighted by Crippen LogP contribution is -2.46. The molecule has 0 saturated carbocycles. The lowest BCUT2D eigenvalue weighted by Gasteiger charge is -2.28. The number of rotatable bonds is 4. The van der Waals surface area contributed by atoms with Gasteiger partial charge in [0.25, 0.3) is 0 Å². The number of ether oxygens (including phenoxy) is 1. The molecular weight excluding hydrogens is 178 g/mol. The van der Waals surface area contributed by atoms with Gasteiger partial charge in [-0.05, 0) is 31.7 Å². The van der Waals surface area contributed by atoms with Crippen LogP contribution in [0.2, 0.25) is 0 Å². The smallest absolute Gasteiger partial charge is 0.323 e. The van der Waals surface area contributed by atoms with E-state index >= 15 is 0 Å². The number of hydrogen-bond acceptors (Lipinski definition) is 3. The van der Waals surface area contributed by atoms with Crippen molar-refractivity contribution in [1.29, 1.82) is 0 Å². The molecule has 2 atom stereocenters. The van der Waals surface area contributed by atoms with E-state index in [1.165, 1.54) is 6.42 Å². The molecule has 1 saturated heterocycles. The van der Waals surface area contributed by atoms with E-state index in [1.807, 2.05) is 0 Å². The van der Waals surface area contributed by atoms with Crippen LogP contribution >= 0.6 is 0 Å². The Hall–Kier alpha value is -0.570. The highest BCUT2D eigenvalue weighted by molar-refractivity contribution is 5.76. The van der Waals surface area contributed by atoms with Gasteiger partial charge in [0, 0.05) is 0 Å². The van der Waals surface area contributed by atoms with Gasteiger partial charge < -0.3 is 10.1 Å². The fraction of sp³-hybridized carbons (Fsp3) is 0.909. The molecule has 0 aromatic carbocycles. The highest BCUT2D eigenvalue weighted by Crippen LogP contribution is 2.16. The molecule has 1 rings (SSSR count). The minimum absolute atomic E-state index is 0.0642. The molecule has 0 radical (unpaired) electrons. The first-order valence-electron chi connectivity index (χ1n) is 5.65. The monoisotopic (exact) mass is 199 g/mol. The average Bonchev–Trinajstić information content (AvgIpc) is 2.18. The molecule has 1 heterocycles. The van der Waals surface area contributed by atoms with Crippen LogP contribution in [0.15, 0.2) is 0 Å². The maximum Gasteiger partial charge on any atom is 0.323 e. The van der Waals surface area contributed by atoms with Crippen LogP contribution in [0, 0.1) is 5.92 Å². The van der Waals surface area contributed by atoms with Gasteiger partial charge in [-0.2, -0.15) is 0 Å². The Morgan fingerprint density at radius 3 is 3.00 bits per heavy atom. The van der Waals surface area contributed by atoms with Gasteiger partial charge in [0.15, 0.2) is 0 Å². The molecule has 1 aliphatic rings. The Balaban J connectivity index is 2.27. The second-order valence-corrected chi connectivity index (χ2v) is 4.07. The summed E-state index contributed by atoms with van der Waals surface area (Å²) >= 11 is 0. The van der Waals surface area contributed by atoms with Crippen LogP contribution in [0.5, 0.6) is 0 Å². The highest BCUT2D eigenvalue weighted by atomic mass is 16.5. The standard InChI is InChI=1S/C11H21NO2/c1-3-4-8-14-11(13)10-9(2)6-5-7-12-10/h9-10,12H,3-8H2,1-2H3. The van der Waals surface area contributed by atoms with E-state index in [-0.39, 0.29) is 12.0 Å². The van der Waals surface area contributed by atoms with Gasteiger partial charge in [0.1, 0.15) is 6.04 Å². The lowest BCUT2D eigenvalue weighted by molar-refractivity contribution is -0.148. The van der Waals surface area contributed by atoms with Gasteiger partial charge in [-0.15, -0.1) is 0 Å². The van der Waals surface area contributed by atoms with Crippen molar-refractivity contribution < 1.29 is 9.53 Å². The van der Waals surface area contributed by atoms with Gasteiger partial charge in [-0.1, -0.05) is 20.3 Å². The first kappa shape index (κ1) is 11.5. The Morgan fingerprint density at radius 1 is 1.57 bits per heavy atom. The van der Waals surface area contributed by atoms with Crippen molar-refractivity contribution in [3.05, 3.63) is 0 Å². The molecule has 3 heteroatoms. The minimum atomic E-state index is -0.0689. The summed E-state index contributed by atoms with van der Waals surface area (Å²) < 4.78 is 5.19. The summed E-state index contributed by atoms with van der Waals surface area (Å²) in [6, 6.07) is -0.0689. The second kappa shape index (κ2) is 6.02. The van der Waals surface area contributed by atoms with E-state index in [2.05, 4.69) is 19.2 Å². The van der Waals surface area contributed by atoms with E-state index in [4.69, 9.17) is 4.74 Å². The van der Waals surface area contributed by atoms with Gasteiger partial charge in [0.05, 0.1) is 6.61 Å². The molecule has 0 aromatic heterocycles. The van der Waals surface area contributed by atoms with E-state index in [0.29, 0.717) is 12.5 Å². The molecule has 2 unspecified atom stereocenters. The topological polar surface area (TPSA) is 38.3 Å². The Morgan fingerprint density at radius 2 is 2.36 bits per heavy atom. The van der Waals surface area contributed by atoms with Gasteiger partial charge in [-0.25, -0.2) is 0 Å². The van der Waals surface area contributed by atoms with Crippen molar-refractivity contribution >= 4 is 5.97 Å². The molecular formula is C11H21NO2. The molecule has 0 spiro atoms. The van der Waals surface area contributed by atoms with Gasteiger partial charge >= 0.3 is 5.97 Å². The Kier molecular flexibility index (Phi) is 4.94. The minimum Gasteiger partial charge on any atom is -0.465 e. The molecule has 3 nitrogen and oxygen atoms in total. The molecule has 0 aromatic rings. The van der Waals surface area contributed by atoms with Crippen molar-refractivity contribution in [2.75, 3.05) is 13.2 Å². The number of carbonyl (C=O) groups excluding carboxylic acids is 1. The van der Waals surface area contributed by atoms with E-state index in [1.54, 1.807) is 0 Å². The summed E-state index contributed by atoms with van der Waals surface area (Å²) in [4.78, 5) is 11.6. The molecule has 0 aliphatic carbocycles. The molecule has 1 N–H and O–H groups in total.